The smallest absolute Gasteiger partial charge is 0.318 e. The number of amides is 4. The van der Waals surface area contributed by atoms with Crippen molar-refractivity contribution in [1.29, 1.82) is 0 Å². The highest BCUT2D eigenvalue weighted by molar-refractivity contribution is 7.99. The topological polar surface area (TPSA) is 91.4 Å². The van der Waals surface area contributed by atoms with Crippen LogP contribution in [0.4, 0.5) is 4.79 Å². The number of hydrazine groups is 1. The van der Waals surface area contributed by atoms with E-state index in [0.717, 1.165) is 9.90 Å². The number of carbonyl (C=O) groups excluding carboxylic acids is 3. The first-order valence-electron chi connectivity index (χ1n) is 9.20. The molecule has 8 heteroatoms. The first-order valence-corrected chi connectivity index (χ1v) is 10.0. The Balaban J connectivity index is 1.56. The monoisotopic (exact) mass is 418 g/mol. The highest BCUT2D eigenvalue weighted by atomic mass is 32.2. The van der Waals surface area contributed by atoms with E-state index in [1.165, 1.54) is 11.8 Å². The predicted molar refractivity (Wildman–Crippen MR) is 111 cm³/mol. The van der Waals surface area contributed by atoms with Gasteiger partial charge in [0.15, 0.2) is 0 Å². The minimum atomic E-state index is -1.26. The van der Waals surface area contributed by atoms with E-state index in [9.17, 15) is 14.4 Å². The van der Waals surface area contributed by atoms with E-state index in [-0.39, 0.29) is 5.56 Å². The maximum atomic E-state index is 13.0. The van der Waals surface area contributed by atoms with Crippen molar-refractivity contribution in [2.24, 2.45) is 0 Å². The van der Waals surface area contributed by atoms with Crippen LogP contribution in [0.25, 0.3) is 0 Å². The normalized spacial score (nSPS) is 18.2. The van der Waals surface area contributed by atoms with E-state index in [1.807, 2.05) is 36.4 Å². The van der Waals surface area contributed by atoms with Gasteiger partial charge in [-0.25, -0.2) is 9.78 Å². The molecule has 3 aromatic rings. The van der Waals surface area contributed by atoms with Crippen LogP contribution in [0.3, 0.4) is 0 Å². The molecule has 1 aliphatic heterocycles. The molecular formula is C22H18N4O3S. The summed E-state index contributed by atoms with van der Waals surface area (Å²) < 4.78 is 0. The first-order chi connectivity index (χ1) is 14.5. The molecule has 7 nitrogen and oxygen atoms in total. The lowest BCUT2D eigenvalue weighted by Crippen LogP contribution is -2.48. The number of hydrogen-bond donors (Lipinski definition) is 2. The predicted octanol–water partition coefficient (Wildman–Crippen LogP) is 3.34. The summed E-state index contributed by atoms with van der Waals surface area (Å²) in [5, 5.41) is 3.85. The number of hydrogen-bond acceptors (Lipinski definition) is 5. The fraction of sp³-hybridized carbons (Fsp3) is 0.0909. The summed E-state index contributed by atoms with van der Waals surface area (Å²) in [7, 11) is 0. The van der Waals surface area contributed by atoms with Gasteiger partial charge in [-0.05, 0) is 36.8 Å². The Labute approximate surface area is 177 Å². The van der Waals surface area contributed by atoms with Crippen LogP contribution in [0, 0.1) is 0 Å². The van der Waals surface area contributed by atoms with Crippen LogP contribution >= 0.6 is 11.8 Å². The summed E-state index contributed by atoms with van der Waals surface area (Å²) in [4.78, 5) is 43.6. The van der Waals surface area contributed by atoms with Crippen molar-refractivity contribution in [3.8, 4) is 0 Å². The third-order valence-corrected chi connectivity index (χ3v) is 5.76. The van der Waals surface area contributed by atoms with Crippen LogP contribution in [0.5, 0.6) is 0 Å². The molecule has 0 spiro atoms. The van der Waals surface area contributed by atoms with Crippen molar-refractivity contribution in [2.45, 2.75) is 22.4 Å². The Kier molecular flexibility index (Phi) is 5.24. The van der Waals surface area contributed by atoms with E-state index < -0.39 is 23.4 Å². The molecule has 0 saturated carbocycles. The van der Waals surface area contributed by atoms with Crippen LogP contribution in [0.2, 0.25) is 0 Å². The van der Waals surface area contributed by atoms with Crippen molar-refractivity contribution in [2.75, 3.05) is 0 Å². The molecule has 150 valence electrons. The fourth-order valence-electron chi connectivity index (χ4n) is 3.11. The standard InChI is InChI=1S/C22H18N4O3S/c1-22(15-9-4-2-5-10-15)20(28)26(21(29)24-22)25-18(27)17-13-8-14-23-19(17)30-16-11-6-3-7-12-16/h2-14H,1H3,(H,24,29)(H,25,27)/t22-/m0/s1. The molecule has 0 aliphatic carbocycles. The number of benzene rings is 2. The molecule has 30 heavy (non-hydrogen) atoms. The van der Waals surface area contributed by atoms with Crippen LogP contribution in [-0.4, -0.2) is 27.8 Å². The molecule has 2 N–H and O–H groups in total. The average Bonchev–Trinajstić information content (AvgIpc) is 2.99. The SMILES string of the molecule is C[C@@]1(c2ccccc2)NC(=O)N(NC(=O)c2cccnc2Sc2ccccc2)C1=O. The van der Waals surface area contributed by atoms with Crippen LogP contribution in [0.1, 0.15) is 22.8 Å². The molecule has 2 heterocycles. The van der Waals surface area contributed by atoms with Gasteiger partial charge in [0.1, 0.15) is 10.6 Å². The number of urea groups is 1. The minimum absolute atomic E-state index is 0.264. The lowest BCUT2D eigenvalue weighted by Gasteiger charge is -2.22. The van der Waals surface area contributed by atoms with E-state index in [4.69, 9.17) is 0 Å². The van der Waals surface area contributed by atoms with Gasteiger partial charge in [-0.15, -0.1) is 0 Å². The second kappa shape index (κ2) is 8.00. The summed E-state index contributed by atoms with van der Waals surface area (Å²) in [6.45, 7) is 1.61. The van der Waals surface area contributed by atoms with E-state index in [1.54, 1.807) is 49.5 Å². The lowest BCUT2D eigenvalue weighted by atomic mass is 9.92. The molecule has 0 radical (unpaired) electrons. The number of nitrogens with one attached hydrogen (secondary N) is 2. The number of aromatic nitrogens is 1. The van der Waals surface area contributed by atoms with Crippen molar-refractivity contribution < 1.29 is 14.4 Å². The number of nitrogens with zero attached hydrogens (tertiary/aromatic N) is 2. The van der Waals surface area contributed by atoms with Gasteiger partial charge in [0, 0.05) is 11.1 Å². The fourth-order valence-corrected chi connectivity index (χ4v) is 4.02. The third-order valence-electron chi connectivity index (χ3n) is 4.73. The molecule has 4 amide bonds. The van der Waals surface area contributed by atoms with Crippen molar-refractivity contribution in [3.05, 3.63) is 90.1 Å². The van der Waals surface area contributed by atoms with E-state index >= 15 is 0 Å². The van der Waals surface area contributed by atoms with E-state index in [0.29, 0.717) is 10.6 Å². The zero-order valence-electron chi connectivity index (χ0n) is 16.0. The lowest BCUT2D eigenvalue weighted by molar-refractivity contribution is -0.132. The molecule has 4 rings (SSSR count). The van der Waals surface area contributed by atoms with Crippen LogP contribution in [0.15, 0.2) is 88.9 Å². The van der Waals surface area contributed by atoms with Gasteiger partial charge in [0.25, 0.3) is 11.8 Å². The second-order valence-electron chi connectivity index (χ2n) is 6.77. The number of carbonyl (C=O) groups is 3. The van der Waals surface area contributed by atoms with Gasteiger partial charge < -0.3 is 5.32 Å². The molecular weight excluding hydrogens is 400 g/mol. The zero-order valence-corrected chi connectivity index (χ0v) is 16.8. The summed E-state index contributed by atoms with van der Waals surface area (Å²) in [5.74, 6) is -1.16. The summed E-state index contributed by atoms with van der Waals surface area (Å²) in [5.41, 5.74) is 2.05. The Morgan fingerprint density at radius 3 is 2.37 bits per heavy atom. The molecule has 1 saturated heterocycles. The Morgan fingerprint density at radius 2 is 1.67 bits per heavy atom. The number of imide groups is 1. The van der Waals surface area contributed by atoms with E-state index in [2.05, 4.69) is 15.7 Å². The molecule has 1 fully saturated rings. The average molecular weight is 418 g/mol. The summed E-state index contributed by atoms with van der Waals surface area (Å²) in [6, 6.07) is 20.9. The summed E-state index contributed by atoms with van der Waals surface area (Å²) in [6.07, 6.45) is 1.59. The molecule has 0 bridgehead atoms. The molecule has 2 aromatic carbocycles. The molecule has 0 unspecified atom stereocenters. The van der Waals surface area contributed by atoms with Crippen LogP contribution in [-0.2, 0) is 10.3 Å². The number of pyridine rings is 1. The van der Waals surface area contributed by atoms with Gasteiger partial charge in [-0.3, -0.25) is 15.0 Å². The molecule has 1 aromatic heterocycles. The minimum Gasteiger partial charge on any atom is -0.318 e. The third kappa shape index (κ3) is 3.65. The van der Waals surface area contributed by atoms with Gasteiger partial charge in [0.05, 0.1) is 5.56 Å². The Bertz CT molecular complexity index is 1110. The largest absolute Gasteiger partial charge is 0.344 e. The number of rotatable bonds is 5. The second-order valence-corrected chi connectivity index (χ2v) is 7.84. The Hall–Kier alpha value is -3.65. The highest BCUT2D eigenvalue weighted by Gasteiger charge is 2.50. The van der Waals surface area contributed by atoms with Crippen molar-refractivity contribution in [1.82, 2.24) is 20.7 Å². The van der Waals surface area contributed by atoms with Gasteiger partial charge >= 0.3 is 6.03 Å². The van der Waals surface area contributed by atoms with Gasteiger partial charge in [0.2, 0.25) is 0 Å². The van der Waals surface area contributed by atoms with Crippen molar-refractivity contribution in [3.63, 3.8) is 0 Å². The maximum Gasteiger partial charge on any atom is 0.344 e. The maximum absolute atomic E-state index is 13.0. The van der Waals surface area contributed by atoms with Crippen molar-refractivity contribution >= 4 is 29.6 Å². The highest BCUT2D eigenvalue weighted by Crippen LogP contribution is 2.30. The molecule has 1 atom stereocenters. The quantitative estimate of drug-likeness (QED) is 0.620. The van der Waals surface area contributed by atoms with Crippen LogP contribution < -0.4 is 10.7 Å². The van der Waals surface area contributed by atoms with Gasteiger partial charge in [-0.2, -0.15) is 5.01 Å². The van der Waals surface area contributed by atoms with Gasteiger partial charge in [-0.1, -0.05) is 60.3 Å². The molecule has 1 aliphatic rings. The zero-order chi connectivity index (χ0) is 21.1. The summed E-state index contributed by atoms with van der Waals surface area (Å²) >= 11 is 1.32. The first kappa shape index (κ1) is 19.7. The Morgan fingerprint density at radius 1 is 1.00 bits per heavy atom.